The van der Waals surface area contributed by atoms with Gasteiger partial charge >= 0.3 is 78.3 Å². The van der Waals surface area contributed by atoms with Crippen LogP contribution in [0.2, 0.25) is 5.71 Å². The van der Waals surface area contributed by atoms with Gasteiger partial charge in [0.15, 0.2) is 0 Å². The van der Waals surface area contributed by atoms with Gasteiger partial charge in [0, 0.05) is 0 Å². The van der Waals surface area contributed by atoms with Crippen LogP contribution < -0.4 is 4.35 Å². The van der Waals surface area contributed by atoms with Crippen LogP contribution in [-0.2, 0) is 4.74 Å². The van der Waals surface area contributed by atoms with E-state index in [-0.39, 0.29) is 21.7 Å². The molecule has 0 aromatic heterocycles. The summed E-state index contributed by atoms with van der Waals surface area (Å²) in [5, 5.41) is 0. The second-order valence-electron chi connectivity index (χ2n) is 2.27. The average molecular weight is 225 g/mol. The molecule has 1 aromatic rings. The zero-order chi connectivity index (χ0) is 8.97. The third-order valence-corrected chi connectivity index (χ3v) is 3.19. The first kappa shape index (κ1) is 9.34. The van der Waals surface area contributed by atoms with E-state index in [0.717, 1.165) is 0 Å². The molecule has 0 heterocycles. The van der Waals surface area contributed by atoms with Gasteiger partial charge in [-0.15, -0.1) is 0 Å². The van der Waals surface area contributed by atoms with E-state index in [1.807, 2.05) is 18.2 Å². The summed E-state index contributed by atoms with van der Waals surface area (Å²) in [4.78, 5) is 11.1. The van der Waals surface area contributed by atoms with Gasteiger partial charge in [-0.3, -0.25) is 0 Å². The summed E-state index contributed by atoms with van der Waals surface area (Å²) in [6.45, 7) is 0. The van der Waals surface area contributed by atoms with Gasteiger partial charge in [0.2, 0.25) is 0 Å². The molecule has 0 fully saturated rings. The first-order valence-electron chi connectivity index (χ1n) is 3.56. The molecule has 1 radical (unpaired) electrons. The quantitative estimate of drug-likeness (QED) is 0.551. The third-order valence-electron chi connectivity index (χ3n) is 1.53. The number of benzene rings is 1. The molecule has 0 atom stereocenters. The molecule has 0 spiro atoms. The van der Waals surface area contributed by atoms with Crippen molar-refractivity contribution in [2.75, 3.05) is 7.11 Å². The Balaban J connectivity index is 2.93. The average Bonchev–Trinajstić information content (AvgIpc) is 2.17. The number of ether oxygens (including phenoxy) is 1. The van der Waals surface area contributed by atoms with E-state index in [1.54, 1.807) is 6.07 Å². The minimum atomic E-state index is -0.258. The van der Waals surface area contributed by atoms with Gasteiger partial charge in [-0.1, -0.05) is 0 Å². The molecule has 0 unspecified atom stereocenters. The first-order chi connectivity index (χ1) is 5.77. The van der Waals surface area contributed by atoms with Gasteiger partial charge in [0.1, 0.15) is 0 Å². The van der Waals surface area contributed by atoms with Crippen LogP contribution in [0.25, 0.3) is 0 Å². The van der Waals surface area contributed by atoms with E-state index < -0.39 is 0 Å². The molecule has 0 saturated carbocycles. The normalized spacial score (nSPS) is 10.5. The molecule has 63 valence electrons. The molecule has 0 saturated heterocycles. The van der Waals surface area contributed by atoms with Crippen molar-refractivity contribution in [3.8, 4) is 0 Å². The molecule has 0 aliphatic rings. The van der Waals surface area contributed by atoms with Crippen molar-refractivity contribution in [1.82, 2.24) is 0 Å². The standard InChI is InChI=1S/C9H10AsO2/c1-10-8-5-3-4-7(6-8)9(11)12-2/h3-6H,1-2H3. The summed E-state index contributed by atoms with van der Waals surface area (Å²) in [5.41, 5.74) is 2.79. The number of methoxy groups -OCH3 is 1. The number of hydrogen-bond acceptors (Lipinski definition) is 2. The Morgan fingerprint density at radius 1 is 1.50 bits per heavy atom. The maximum atomic E-state index is 11.1. The minimum absolute atomic E-state index is 0.184. The van der Waals surface area contributed by atoms with Gasteiger partial charge in [0.05, 0.1) is 0 Å². The Morgan fingerprint density at radius 2 is 2.25 bits per heavy atom. The monoisotopic (exact) mass is 225 g/mol. The predicted molar refractivity (Wildman–Crippen MR) is 49.0 cm³/mol. The van der Waals surface area contributed by atoms with E-state index in [9.17, 15) is 4.79 Å². The summed E-state index contributed by atoms with van der Waals surface area (Å²) in [6.07, 6.45) is 0. The molecule has 12 heavy (non-hydrogen) atoms. The zero-order valence-corrected chi connectivity index (χ0v) is 8.95. The van der Waals surface area contributed by atoms with Crippen molar-refractivity contribution in [3.05, 3.63) is 29.8 Å². The Bertz CT molecular complexity index is 284. The molecule has 0 N–H and O–H groups in total. The van der Waals surface area contributed by atoms with Gasteiger partial charge in [-0.2, -0.15) is 0 Å². The predicted octanol–water partition coefficient (Wildman–Crippen LogP) is 0.851. The van der Waals surface area contributed by atoms with Gasteiger partial charge in [-0.25, -0.2) is 0 Å². The molecule has 1 aromatic carbocycles. The van der Waals surface area contributed by atoms with Crippen molar-refractivity contribution >= 4 is 26.1 Å². The van der Waals surface area contributed by atoms with E-state index in [1.165, 1.54) is 11.5 Å². The van der Waals surface area contributed by atoms with Crippen LogP contribution in [0.4, 0.5) is 0 Å². The van der Waals surface area contributed by atoms with Crippen LogP contribution in [0.15, 0.2) is 24.3 Å². The summed E-state index contributed by atoms with van der Waals surface area (Å²) < 4.78 is 5.85. The fourth-order valence-corrected chi connectivity index (χ4v) is 1.95. The number of rotatable bonds is 2. The molecule has 0 amide bonds. The van der Waals surface area contributed by atoms with E-state index in [2.05, 4.69) is 10.4 Å². The molecule has 1 rings (SSSR count). The molecule has 0 aliphatic carbocycles. The number of esters is 1. The maximum absolute atomic E-state index is 11.1. The van der Waals surface area contributed by atoms with Crippen LogP contribution in [-0.4, -0.2) is 28.8 Å². The van der Waals surface area contributed by atoms with E-state index >= 15 is 0 Å². The van der Waals surface area contributed by atoms with Crippen molar-refractivity contribution in [3.63, 3.8) is 0 Å². The van der Waals surface area contributed by atoms with Crippen LogP contribution in [0.1, 0.15) is 10.4 Å². The number of carbonyl (C=O) groups excluding carboxylic acids is 1. The van der Waals surface area contributed by atoms with Crippen molar-refractivity contribution in [2.24, 2.45) is 0 Å². The summed E-state index contributed by atoms with van der Waals surface area (Å²) in [7, 11) is 1.40. The van der Waals surface area contributed by atoms with Crippen LogP contribution in [0, 0.1) is 0 Å². The Hall–Kier alpha value is -0.752. The SMILES string of the molecule is COC(=O)c1cccc([As]C)c1. The van der Waals surface area contributed by atoms with Crippen LogP contribution >= 0.6 is 0 Å². The second kappa shape index (κ2) is 4.32. The molecular formula is C9H10AsO2. The van der Waals surface area contributed by atoms with Crippen molar-refractivity contribution in [1.29, 1.82) is 0 Å². The molecule has 3 heteroatoms. The Labute approximate surface area is 78.6 Å². The third kappa shape index (κ3) is 2.12. The second-order valence-corrected chi connectivity index (χ2v) is 4.29. The first-order valence-corrected chi connectivity index (χ1v) is 6.37. The summed E-state index contributed by atoms with van der Waals surface area (Å²) in [5.74, 6) is -0.258. The van der Waals surface area contributed by atoms with Gasteiger partial charge in [-0.05, 0) is 0 Å². The van der Waals surface area contributed by atoms with E-state index in [0.29, 0.717) is 5.56 Å². The van der Waals surface area contributed by atoms with Crippen molar-refractivity contribution in [2.45, 2.75) is 5.71 Å². The van der Waals surface area contributed by atoms with Crippen LogP contribution in [0.5, 0.6) is 0 Å². The van der Waals surface area contributed by atoms with Gasteiger partial charge in [0.25, 0.3) is 0 Å². The van der Waals surface area contributed by atoms with Crippen molar-refractivity contribution < 1.29 is 9.53 Å². The van der Waals surface area contributed by atoms with Crippen LogP contribution in [0.3, 0.4) is 0 Å². The molecular weight excluding hydrogens is 215 g/mol. The Kier molecular flexibility index (Phi) is 3.36. The number of carbonyl (C=O) groups is 1. The summed E-state index contributed by atoms with van der Waals surface area (Å²) in [6, 6.07) is 7.59. The summed E-state index contributed by atoms with van der Waals surface area (Å²) >= 11 is 0.184. The fraction of sp³-hybridized carbons (Fsp3) is 0.222. The number of hydrogen-bond donors (Lipinski definition) is 0. The molecule has 0 bridgehead atoms. The van der Waals surface area contributed by atoms with E-state index in [4.69, 9.17) is 0 Å². The molecule has 0 aliphatic heterocycles. The molecule has 2 nitrogen and oxygen atoms in total. The zero-order valence-electron chi connectivity index (χ0n) is 7.07. The topological polar surface area (TPSA) is 26.3 Å². The van der Waals surface area contributed by atoms with Gasteiger partial charge < -0.3 is 0 Å². The Morgan fingerprint density at radius 3 is 2.83 bits per heavy atom. The fourth-order valence-electron chi connectivity index (χ4n) is 0.890.